The van der Waals surface area contributed by atoms with Gasteiger partial charge in [0, 0.05) is 42.5 Å². The molecule has 2 N–H and O–H groups in total. The maximum atomic E-state index is 10.6. The normalized spacial score (nSPS) is 19.2. The van der Waals surface area contributed by atoms with Crippen LogP contribution in [0.4, 0.5) is 32.2 Å². The molecule has 2 fully saturated rings. The van der Waals surface area contributed by atoms with Gasteiger partial charge in [-0.05, 0) is 43.4 Å². The number of aromatic nitrogens is 2. The molecule has 1 aromatic carbocycles. The zero-order chi connectivity index (χ0) is 27.5. The smallest absolute Gasteiger partial charge is 0.475 e. The second-order valence-corrected chi connectivity index (χ2v) is 8.23. The number of anilines is 1. The molecule has 4 heterocycles. The van der Waals surface area contributed by atoms with Gasteiger partial charge in [-0.1, -0.05) is 0 Å². The van der Waals surface area contributed by atoms with E-state index in [0.717, 1.165) is 47.1 Å². The van der Waals surface area contributed by atoms with Crippen molar-refractivity contribution in [3.63, 3.8) is 0 Å². The number of likely N-dealkylation sites (N-methyl/N-ethyl adjacent to an activating group) is 1. The average molecular weight is 534 g/mol. The van der Waals surface area contributed by atoms with Crippen molar-refractivity contribution in [1.29, 1.82) is 0 Å². The van der Waals surface area contributed by atoms with Crippen LogP contribution < -0.4 is 4.90 Å². The van der Waals surface area contributed by atoms with Gasteiger partial charge >= 0.3 is 24.3 Å². The van der Waals surface area contributed by atoms with Crippen LogP contribution in [-0.2, 0) is 9.59 Å². The van der Waals surface area contributed by atoms with Gasteiger partial charge < -0.3 is 24.4 Å². The minimum atomic E-state index is -5.08. The van der Waals surface area contributed by atoms with Gasteiger partial charge in [0.05, 0.1) is 12.0 Å². The van der Waals surface area contributed by atoms with Gasteiger partial charge in [0.25, 0.3) is 0 Å². The molecule has 0 bridgehead atoms. The number of alkyl halides is 6. The molecule has 5 rings (SSSR count). The number of benzene rings is 1. The maximum Gasteiger partial charge on any atom is 0.490 e. The molecular formula is C22H20F6N4O5. The SMILES string of the molecule is CN1C[C@H]2CN(c3ccc(-c4ccc5occc5c4)nn3)C[C@H]21.O=C(O)C(F)(F)F.O=C(O)C(F)(F)F. The van der Waals surface area contributed by atoms with Crippen molar-refractivity contribution >= 4 is 28.7 Å². The Morgan fingerprint density at radius 2 is 1.54 bits per heavy atom. The Hall–Kier alpha value is -3.88. The molecular weight excluding hydrogens is 514 g/mol. The number of rotatable bonds is 2. The molecule has 9 nitrogen and oxygen atoms in total. The van der Waals surface area contributed by atoms with E-state index in [9.17, 15) is 26.3 Å². The van der Waals surface area contributed by atoms with Crippen LogP contribution in [0.3, 0.4) is 0 Å². The van der Waals surface area contributed by atoms with E-state index in [2.05, 4.69) is 45.2 Å². The van der Waals surface area contributed by atoms with E-state index < -0.39 is 24.3 Å². The first-order chi connectivity index (χ1) is 17.2. The highest BCUT2D eigenvalue weighted by Crippen LogP contribution is 2.33. The molecule has 0 amide bonds. The first-order valence-corrected chi connectivity index (χ1v) is 10.5. The van der Waals surface area contributed by atoms with Gasteiger partial charge in [0.1, 0.15) is 5.58 Å². The zero-order valence-electron chi connectivity index (χ0n) is 19.0. The van der Waals surface area contributed by atoms with E-state index >= 15 is 0 Å². The van der Waals surface area contributed by atoms with Crippen LogP contribution in [0.25, 0.3) is 22.2 Å². The molecule has 37 heavy (non-hydrogen) atoms. The number of carbonyl (C=O) groups is 2. The predicted octanol–water partition coefficient (Wildman–Crippen LogP) is 3.91. The number of carboxylic acid groups (broad SMARTS) is 2. The van der Waals surface area contributed by atoms with Crippen LogP contribution in [0.5, 0.6) is 0 Å². The monoisotopic (exact) mass is 534 g/mol. The number of nitrogens with zero attached hydrogens (tertiary/aromatic N) is 4. The summed E-state index contributed by atoms with van der Waals surface area (Å²) in [7, 11) is 2.20. The summed E-state index contributed by atoms with van der Waals surface area (Å²) in [5.74, 6) is -3.73. The van der Waals surface area contributed by atoms with E-state index in [4.69, 9.17) is 24.2 Å². The minimum absolute atomic E-state index is 0.694. The Bertz CT molecular complexity index is 1220. The number of furan rings is 1. The Morgan fingerprint density at radius 3 is 2.03 bits per heavy atom. The lowest BCUT2D eigenvalue weighted by atomic mass is 9.93. The summed E-state index contributed by atoms with van der Waals surface area (Å²) in [6, 6.07) is 12.9. The average Bonchev–Trinajstić information content (AvgIpc) is 3.42. The molecule has 200 valence electrons. The van der Waals surface area contributed by atoms with Crippen LogP contribution in [0.2, 0.25) is 0 Å². The molecule has 0 radical (unpaired) electrons. The third kappa shape index (κ3) is 6.87. The summed E-state index contributed by atoms with van der Waals surface area (Å²) in [6.07, 6.45) is -8.46. The molecule has 0 spiro atoms. The van der Waals surface area contributed by atoms with Crippen molar-refractivity contribution in [3.8, 4) is 11.3 Å². The molecule has 0 saturated carbocycles. The fraction of sp³-hybridized carbons (Fsp3) is 0.364. The first kappa shape index (κ1) is 27.7. The van der Waals surface area contributed by atoms with Crippen molar-refractivity contribution < 1.29 is 50.6 Å². The topological polar surface area (TPSA) is 120 Å². The summed E-state index contributed by atoms with van der Waals surface area (Å²) in [5, 5.41) is 24.2. The number of aliphatic carboxylic acids is 2. The minimum Gasteiger partial charge on any atom is -0.475 e. The van der Waals surface area contributed by atoms with Gasteiger partial charge in [0.15, 0.2) is 5.82 Å². The van der Waals surface area contributed by atoms with Gasteiger partial charge in [-0.3, -0.25) is 0 Å². The molecule has 2 atom stereocenters. The molecule has 2 saturated heterocycles. The summed E-state index contributed by atoms with van der Waals surface area (Å²) in [5.41, 5.74) is 2.87. The molecule has 2 aliphatic rings. The summed E-state index contributed by atoms with van der Waals surface area (Å²) in [6.45, 7) is 3.37. The fourth-order valence-electron chi connectivity index (χ4n) is 3.86. The van der Waals surface area contributed by atoms with Crippen LogP contribution in [0, 0.1) is 5.92 Å². The molecule has 2 aromatic heterocycles. The van der Waals surface area contributed by atoms with Gasteiger partial charge in [-0.25, -0.2) is 9.59 Å². The van der Waals surface area contributed by atoms with Crippen LogP contribution in [-0.4, -0.2) is 82.3 Å². The maximum absolute atomic E-state index is 10.6. The Kier molecular flexibility index (Phi) is 7.95. The van der Waals surface area contributed by atoms with Gasteiger partial charge in [-0.15, -0.1) is 10.2 Å². The van der Waals surface area contributed by atoms with Crippen molar-refractivity contribution in [1.82, 2.24) is 15.1 Å². The van der Waals surface area contributed by atoms with Gasteiger partial charge in [-0.2, -0.15) is 26.3 Å². The quantitative estimate of drug-likeness (QED) is 0.472. The molecule has 0 unspecified atom stereocenters. The second-order valence-electron chi connectivity index (χ2n) is 8.23. The predicted molar refractivity (Wildman–Crippen MR) is 117 cm³/mol. The van der Waals surface area contributed by atoms with E-state index in [1.165, 1.54) is 6.54 Å². The summed E-state index contributed by atoms with van der Waals surface area (Å²) >= 11 is 0. The van der Waals surface area contributed by atoms with Crippen LogP contribution in [0.15, 0.2) is 47.1 Å². The third-order valence-electron chi connectivity index (χ3n) is 5.70. The van der Waals surface area contributed by atoms with E-state index in [1.54, 1.807) is 6.26 Å². The van der Waals surface area contributed by atoms with Gasteiger partial charge in [0.2, 0.25) is 0 Å². The summed E-state index contributed by atoms with van der Waals surface area (Å²) < 4.78 is 68.9. The highest BCUT2D eigenvalue weighted by molar-refractivity contribution is 5.82. The van der Waals surface area contributed by atoms with Crippen molar-refractivity contribution in [2.24, 2.45) is 5.92 Å². The van der Waals surface area contributed by atoms with Crippen LogP contribution >= 0.6 is 0 Å². The largest absolute Gasteiger partial charge is 0.490 e. The molecule has 3 aromatic rings. The Balaban J connectivity index is 0.000000227. The van der Waals surface area contributed by atoms with Crippen molar-refractivity contribution in [2.75, 3.05) is 31.6 Å². The number of halogens is 6. The second kappa shape index (κ2) is 10.6. The van der Waals surface area contributed by atoms with Crippen molar-refractivity contribution in [3.05, 3.63) is 42.7 Å². The molecule has 2 aliphatic heterocycles. The first-order valence-electron chi connectivity index (χ1n) is 10.5. The van der Waals surface area contributed by atoms with Crippen molar-refractivity contribution in [2.45, 2.75) is 18.4 Å². The Morgan fingerprint density at radius 1 is 0.919 bits per heavy atom. The lowest BCUT2D eigenvalue weighted by Gasteiger charge is -2.40. The summed E-state index contributed by atoms with van der Waals surface area (Å²) in [4.78, 5) is 22.6. The van der Waals surface area contributed by atoms with E-state index in [-0.39, 0.29) is 0 Å². The lowest BCUT2D eigenvalue weighted by Crippen LogP contribution is -2.52. The number of likely N-dealkylation sites (tertiary alicyclic amines) is 1. The standard InChI is InChI=1S/C18H18N4O.2C2HF3O2/c1-21-9-14-10-22(11-16(14)21)18-5-3-15(19-20-18)12-2-4-17-13(8-12)6-7-23-17;2*3-2(4,5)1(6)7/h2-8,14,16H,9-11H2,1H3;2*(H,6,7)/t14-,16+;;/m0../s1. The number of fused-ring (bicyclic) bond motifs is 2. The molecule has 15 heteroatoms. The number of hydrogen-bond acceptors (Lipinski definition) is 7. The number of hydrogen-bond donors (Lipinski definition) is 2. The Labute approximate surface area is 204 Å². The lowest BCUT2D eigenvalue weighted by molar-refractivity contribution is -0.193. The zero-order valence-corrected chi connectivity index (χ0v) is 19.0. The van der Waals surface area contributed by atoms with Crippen LogP contribution in [0.1, 0.15) is 0 Å². The number of carboxylic acids is 2. The third-order valence-corrected chi connectivity index (χ3v) is 5.70. The molecule has 0 aliphatic carbocycles. The van der Waals surface area contributed by atoms with E-state index in [0.29, 0.717) is 6.04 Å². The van der Waals surface area contributed by atoms with E-state index in [1.807, 2.05) is 18.2 Å². The highest BCUT2D eigenvalue weighted by atomic mass is 19.4. The highest BCUT2D eigenvalue weighted by Gasteiger charge is 2.44. The fourth-order valence-corrected chi connectivity index (χ4v) is 3.86.